The molecule has 0 aliphatic carbocycles. The summed E-state index contributed by atoms with van der Waals surface area (Å²) in [5.74, 6) is 1.51. The van der Waals surface area contributed by atoms with Crippen molar-refractivity contribution in [1.29, 1.82) is 0 Å². The average Bonchev–Trinajstić information content (AvgIpc) is 3.19. The van der Waals surface area contributed by atoms with Gasteiger partial charge in [-0.2, -0.15) is 10.2 Å². The average molecular weight is 718 g/mol. The van der Waals surface area contributed by atoms with E-state index in [2.05, 4.69) is 15.2 Å². The molecule has 3 aromatic heterocycles. The number of hydrogen-bond acceptors (Lipinski definition) is 11. The summed E-state index contributed by atoms with van der Waals surface area (Å²) in [7, 11) is 1.59. The molecule has 12 heteroatoms. The number of aryl methyl sites for hydroxylation is 1. The van der Waals surface area contributed by atoms with Gasteiger partial charge in [-0.05, 0) is 67.1 Å². The Morgan fingerprint density at radius 2 is 1.70 bits per heavy atom. The maximum atomic E-state index is 13.8. The first-order valence-corrected chi connectivity index (χ1v) is 17.9. The van der Waals surface area contributed by atoms with E-state index < -0.39 is 0 Å². The zero-order valence-electron chi connectivity index (χ0n) is 30.0. The Kier molecular flexibility index (Phi) is 11.2. The van der Waals surface area contributed by atoms with E-state index in [-0.39, 0.29) is 35.1 Å². The molecule has 2 N–H and O–H groups in total. The molecule has 2 fully saturated rings. The summed E-state index contributed by atoms with van der Waals surface area (Å²) in [4.78, 5) is 32.0. The number of anilines is 1. The third-order valence-electron chi connectivity index (χ3n) is 9.61. The van der Waals surface area contributed by atoms with Crippen LogP contribution >= 0.6 is 0 Å². The molecule has 2 aliphatic heterocycles. The van der Waals surface area contributed by atoms with Crippen molar-refractivity contribution in [3.63, 3.8) is 0 Å². The van der Waals surface area contributed by atoms with Gasteiger partial charge in [0, 0.05) is 55.0 Å². The number of methoxy groups -OCH3 is 1. The van der Waals surface area contributed by atoms with Gasteiger partial charge in [0.15, 0.2) is 22.7 Å². The van der Waals surface area contributed by atoms with Gasteiger partial charge in [0.1, 0.15) is 18.5 Å². The molecule has 5 aromatic rings. The number of pyridine rings is 2. The molecule has 2 aromatic carbocycles. The van der Waals surface area contributed by atoms with Gasteiger partial charge in [0.2, 0.25) is 0 Å². The van der Waals surface area contributed by atoms with E-state index in [9.17, 15) is 9.59 Å². The molecule has 0 unspecified atom stereocenters. The van der Waals surface area contributed by atoms with Crippen LogP contribution in [0.1, 0.15) is 34.5 Å². The van der Waals surface area contributed by atoms with E-state index >= 15 is 0 Å². The highest BCUT2D eigenvalue weighted by Crippen LogP contribution is 2.35. The number of ketones is 1. The predicted octanol–water partition coefficient (Wildman–Crippen LogP) is 5.58. The highest BCUT2D eigenvalue weighted by Gasteiger charge is 2.21. The number of nitrogens with zero attached hydrogens (tertiary/aromatic N) is 4. The van der Waals surface area contributed by atoms with Crippen molar-refractivity contribution in [2.75, 3.05) is 52.5 Å². The maximum absolute atomic E-state index is 13.8. The zero-order valence-corrected chi connectivity index (χ0v) is 30.0. The van der Waals surface area contributed by atoms with E-state index in [0.29, 0.717) is 86.1 Å². The highest BCUT2D eigenvalue weighted by atomic mass is 16.6. The lowest BCUT2D eigenvalue weighted by Gasteiger charge is -2.23. The number of Topliss-reactive ketones (excluding diaryl/α,β-unsaturated/α-hetero) is 1. The first-order chi connectivity index (χ1) is 25.8. The second kappa shape index (κ2) is 16.5. The van der Waals surface area contributed by atoms with Crippen molar-refractivity contribution in [2.45, 2.75) is 38.8 Å². The van der Waals surface area contributed by atoms with Crippen LogP contribution in [0.15, 0.2) is 84.0 Å². The lowest BCUT2D eigenvalue weighted by Crippen LogP contribution is -2.33. The standard InChI is InChI=1S/C41H43N5O7/c1-26-3-5-28(6-4-26)34-22-46(21-27-11-13-50-14-12-27)23-35(40(34)48)37(47)19-31-8-9-36(45-44-31)33-17-30(20-43-41(33)42)29-7-10-38(39(18-29)49-2)53-25-32-24-51-15-16-52-32/h3-10,17-18,20,22-23,27,32H,11-16,19,21,24-25H2,1-2H3,(H2,42,43)/t32-/m1/s1. The molecule has 0 bridgehead atoms. The Labute approximate surface area is 307 Å². The molecule has 274 valence electrons. The van der Waals surface area contributed by atoms with E-state index in [1.165, 1.54) is 0 Å². The predicted molar refractivity (Wildman–Crippen MR) is 200 cm³/mol. The van der Waals surface area contributed by atoms with Gasteiger partial charge in [-0.15, -0.1) is 0 Å². The molecule has 1 atom stereocenters. The third kappa shape index (κ3) is 8.62. The normalized spacial score (nSPS) is 16.3. The third-order valence-corrected chi connectivity index (χ3v) is 9.61. The number of rotatable bonds is 12. The summed E-state index contributed by atoms with van der Waals surface area (Å²) in [5, 5.41) is 8.78. The van der Waals surface area contributed by atoms with E-state index in [1.54, 1.807) is 31.6 Å². The van der Waals surface area contributed by atoms with Crippen molar-refractivity contribution in [3.8, 4) is 45.0 Å². The maximum Gasteiger partial charge on any atom is 0.200 e. The fourth-order valence-corrected chi connectivity index (χ4v) is 6.58. The Balaban J connectivity index is 1.09. The SMILES string of the molecule is COc1cc(-c2cnc(N)c(-c3ccc(CC(=O)c4cn(CC5CCOCC5)cc(-c5ccc(C)cc5)c4=O)nn3)c2)ccc1OC[C@H]1COCCO1. The van der Waals surface area contributed by atoms with Crippen molar-refractivity contribution < 1.29 is 28.5 Å². The zero-order chi connectivity index (χ0) is 36.7. The van der Waals surface area contributed by atoms with Crippen LogP contribution in [0, 0.1) is 12.8 Å². The van der Waals surface area contributed by atoms with E-state index in [0.717, 1.165) is 35.1 Å². The van der Waals surface area contributed by atoms with Crippen LogP contribution in [-0.2, 0) is 27.2 Å². The number of hydrogen-bond donors (Lipinski definition) is 1. The van der Waals surface area contributed by atoms with Crippen LogP contribution in [0.3, 0.4) is 0 Å². The van der Waals surface area contributed by atoms with Gasteiger partial charge in [-0.3, -0.25) is 9.59 Å². The van der Waals surface area contributed by atoms with Crippen LogP contribution in [0.5, 0.6) is 11.5 Å². The van der Waals surface area contributed by atoms with Crippen molar-refractivity contribution in [3.05, 3.63) is 106 Å². The number of carbonyl (C=O) groups excluding carboxylic acids is 1. The number of ether oxygens (including phenoxy) is 5. The monoisotopic (exact) mass is 717 g/mol. The van der Waals surface area contributed by atoms with Gasteiger partial charge in [0.05, 0.1) is 50.3 Å². The highest BCUT2D eigenvalue weighted by molar-refractivity contribution is 5.98. The molecule has 2 saturated heterocycles. The molecule has 5 heterocycles. The first kappa shape index (κ1) is 36.0. The van der Waals surface area contributed by atoms with Crippen molar-refractivity contribution in [2.24, 2.45) is 5.92 Å². The van der Waals surface area contributed by atoms with Gasteiger partial charge in [-0.1, -0.05) is 35.9 Å². The first-order valence-electron chi connectivity index (χ1n) is 17.9. The quantitative estimate of drug-likeness (QED) is 0.161. The summed E-state index contributed by atoms with van der Waals surface area (Å²) in [6, 6.07) is 18.8. The second-order valence-corrected chi connectivity index (χ2v) is 13.4. The molecular formula is C41H43N5O7. The summed E-state index contributed by atoms with van der Waals surface area (Å²) in [6.07, 6.45) is 6.88. The molecule has 0 radical (unpaired) electrons. The fourth-order valence-electron chi connectivity index (χ4n) is 6.58. The lowest BCUT2D eigenvalue weighted by atomic mass is 9.98. The number of aromatic nitrogens is 4. The largest absolute Gasteiger partial charge is 0.493 e. The number of carbonyl (C=O) groups is 1. The molecular weight excluding hydrogens is 674 g/mol. The number of nitrogens with two attached hydrogens (primary N) is 1. The molecule has 53 heavy (non-hydrogen) atoms. The van der Waals surface area contributed by atoms with E-state index in [1.807, 2.05) is 66.2 Å². The number of nitrogen functional groups attached to an aromatic ring is 1. The number of benzene rings is 2. The van der Waals surface area contributed by atoms with Crippen molar-refractivity contribution in [1.82, 2.24) is 19.7 Å². The smallest absolute Gasteiger partial charge is 0.200 e. The Morgan fingerprint density at radius 3 is 2.43 bits per heavy atom. The van der Waals surface area contributed by atoms with E-state index in [4.69, 9.17) is 29.4 Å². The molecule has 12 nitrogen and oxygen atoms in total. The fraction of sp³-hybridized carbons (Fsp3) is 0.341. The van der Waals surface area contributed by atoms with Crippen LogP contribution in [-0.4, -0.2) is 78.4 Å². The molecule has 0 saturated carbocycles. The Morgan fingerprint density at radius 1 is 0.887 bits per heavy atom. The molecule has 0 spiro atoms. The molecule has 0 amide bonds. The minimum atomic E-state index is -0.323. The van der Waals surface area contributed by atoms with Gasteiger partial charge in [0.25, 0.3) is 0 Å². The van der Waals surface area contributed by atoms with Gasteiger partial charge < -0.3 is 34.0 Å². The summed E-state index contributed by atoms with van der Waals surface area (Å²) < 4.78 is 30.3. The van der Waals surface area contributed by atoms with Crippen LogP contribution < -0.4 is 20.6 Å². The van der Waals surface area contributed by atoms with Crippen LogP contribution in [0.25, 0.3) is 33.5 Å². The van der Waals surface area contributed by atoms with Crippen LogP contribution in [0.2, 0.25) is 0 Å². The molecule has 7 rings (SSSR count). The summed E-state index contributed by atoms with van der Waals surface area (Å²) in [6.45, 7) is 6.10. The van der Waals surface area contributed by atoms with Crippen molar-refractivity contribution >= 4 is 11.6 Å². The van der Waals surface area contributed by atoms with Gasteiger partial charge >= 0.3 is 0 Å². The Bertz CT molecular complexity index is 2110. The van der Waals surface area contributed by atoms with Crippen LogP contribution in [0.4, 0.5) is 5.82 Å². The molecule has 2 aliphatic rings. The minimum Gasteiger partial charge on any atom is -0.493 e. The second-order valence-electron chi connectivity index (χ2n) is 13.4. The summed E-state index contributed by atoms with van der Waals surface area (Å²) in [5.41, 5.74) is 11.6. The Hall–Kier alpha value is -5.43. The minimum absolute atomic E-state index is 0.0843. The van der Waals surface area contributed by atoms with Gasteiger partial charge in [-0.25, -0.2) is 4.98 Å². The summed E-state index contributed by atoms with van der Waals surface area (Å²) >= 11 is 0. The topological polar surface area (TPSA) is 150 Å². The lowest BCUT2D eigenvalue weighted by molar-refractivity contribution is -0.101.